The van der Waals surface area contributed by atoms with Crippen LogP contribution >= 0.6 is 22.7 Å². The number of hydrogen-bond acceptors (Lipinski definition) is 10. The summed E-state index contributed by atoms with van der Waals surface area (Å²) in [6.45, 7) is 4.21. The molecule has 2 aromatic carbocycles. The van der Waals surface area contributed by atoms with Gasteiger partial charge in [-0.15, -0.1) is 11.3 Å². The van der Waals surface area contributed by atoms with Crippen molar-refractivity contribution in [2.24, 2.45) is 5.92 Å². The molecule has 2 heterocycles. The van der Waals surface area contributed by atoms with E-state index >= 15 is 0 Å². The number of benzene rings is 2. The van der Waals surface area contributed by atoms with Crippen molar-refractivity contribution < 1.29 is 19.0 Å². The highest BCUT2D eigenvalue weighted by Gasteiger charge is 2.18. The first-order valence-corrected chi connectivity index (χ1v) is 13.7. The van der Waals surface area contributed by atoms with Crippen LogP contribution in [-0.4, -0.2) is 37.2 Å². The predicted molar refractivity (Wildman–Crippen MR) is 155 cm³/mol. The Labute approximate surface area is 230 Å². The van der Waals surface area contributed by atoms with Crippen LogP contribution in [0, 0.1) is 5.92 Å². The molecule has 38 heavy (non-hydrogen) atoms. The first-order chi connectivity index (χ1) is 18.3. The molecule has 1 amide bonds. The van der Waals surface area contributed by atoms with Gasteiger partial charge in [0.05, 0.1) is 27.0 Å². The van der Waals surface area contributed by atoms with E-state index in [1.165, 1.54) is 22.7 Å². The monoisotopic (exact) mass is 553 g/mol. The Morgan fingerprint density at radius 3 is 2.42 bits per heavy atom. The fourth-order valence-electron chi connectivity index (χ4n) is 3.73. The SMILES string of the molecule is COc1cc(Nc2nc(N)c(-c3nc(-c4cccc(NC(=O)CCC(C)C)c4)cs3)s2)cc(OC)c1OC. The molecule has 0 bridgehead atoms. The molecule has 9 nitrogen and oxygen atoms in total. The largest absolute Gasteiger partial charge is 0.493 e. The Hall–Kier alpha value is -3.83. The summed E-state index contributed by atoms with van der Waals surface area (Å²) in [5.74, 6) is 2.45. The molecule has 0 saturated heterocycles. The van der Waals surface area contributed by atoms with Gasteiger partial charge in [0.15, 0.2) is 16.6 Å². The Kier molecular flexibility index (Phi) is 8.70. The van der Waals surface area contributed by atoms with E-state index < -0.39 is 0 Å². The normalized spacial score (nSPS) is 10.9. The molecule has 0 fully saturated rings. The first kappa shape index (κ1) is 27.2. The summed E-state index contributed by atoms with van der Waals surface area (Å²) in [5, 5.41) is 9.59. The molecule has 0 aliphatic heterocycles. The molecule has 0 atom stereocenters. The summed E-state index contributed by atoms with van der Waals surface area (Å²) in [4.78, 5) is 22.3. The second-order valence-electron chi connectivity index (χ2n) is 8.87. The van der Waals surface area contributed by atoms with Gasteiger partial charge in [0.1, 0.15) is 15.7 Å². The molecule has 4 N–H and O–H groups in total. The number of carbonyl (C=O) groups is 1. The van der Waals surface area contributed by atoms with E-state index in [4.69, 9.17) is 24.9 Å². The lowest BCUT2D eigenvalue weighted by Gasteiger charge is -2.14. The molecule has 0 spiro atoms. The summed E-state index contributed by atoms with van der Waals surface area (Å²) in [6.07, 6.45) is 1.35. The van der Waals surface area contributed by atoms with Gasteiger partial charge in [-0.05, 0) is 24.5 Å². The Morgan fingerprint density at radius 2 is 1.76 bits per heavy atom. The van der Waals surface area contributed by atoms with E-state index in [1.54, 1.807) is 33.5 Å². The number of aromatic nitrogens is 2. The Bertz CT molecular complexity index is 1390. The van der Waals surface area contributed by atoms with Crippen molar-refractivity contribution in [1.82, 2.24) is 9.97 Å². The van der Waals surface area contributed by atoms with E-state index in [-0.39, 0.29) is 5.91 Å². The van der Waals surface area contributed by atoms with Crippen molar-refractivity contribution in [2.75, 3.05) is 37.7 Å². The van der Waals surface area contributed by atoms with Crippen molar-refractivity contribution in [3.05, 3.63) is 41.8 Å². The number of methoxy groups -OCH3 is 3. The molecular weight excluding hydrogens is 522 g/mol. The third kappa shape index (κ3) is 6.35. The Balaban J connectivity index is 1.52. The van der Waals surface area contributed by atoms with E-state index in [9.17, 15) is 4.79 Å². The van der Waals surface area contributed by atoms with Crippen molar-refractivity contribution in [2.45, 2.75) is 26.7 Å². The minimum atomic E-state index is 0.0133. The maximum atomic E-state index is 12.3. The van der Waals surface area contributed by atoms with Crippen LogP contribution in [0.3, 0.4) is 0 Å². The number of amides is 1. The lowest BCUT2D eigenvalue weighted by atomic mass is 10.1. The number of nitrogen functional groups attached to an aromatic ring is 1. The van der Waals surface area contributed by atoms with Crippen LogP contribution in [-0.2, 0) is 4.79 Å². The van der Waals surface area contributed by atoms with Gasteiger partial charge in [-0.1, -0.05) is 37.3 Å². The number of rotatable bonds is 11. The number of nitrogens with two attached hydrogens (primary N) is 1. The van der Waals surface area contributed by atoms with Crippen LogP contribution in [0.2, 0.25) is 0 Å². The predicted octanol–water partition coefficient (Wildman–Crippen LogP) is 6.66. The van der Waals surface area contributed by atoms with Crippen LogP contribution < -0.4 is 30.6 Å². The fourth-order valence-corrected chi connectivity index (χ4v) is 5.56. The van der Waals surface area contributed by atoms with Crippen LogP contribution in [0.4, 0.5) is 22.3 Å². The van der Waals surface area contributed by atoms with Gasteiger partial charge in [-0.2, -0.15) is 0 Å². The fraction of sp³-hybridized carbons (Fsp3) is 0.296. The van der Waals surface area contributed by atoms with Gasteiger partial charge < -0.3 is 30.6 Å². The van der Waals surface area contributed by atoms with Crippen LogP contribution in [0.5, 0.6) is 17.2 Å². The standard InChI is InChI=1S/C27H31N5O4S2/c1-15(2)9-10-22(33)29-17-8-6-7-16(11-17)19-14-37-26(31-19)24-25(28)32-27(38-24)30-18-12-20(34-3)23(36-5)21(13-18)35-4/h6-8,11-15H,9-10,28H2,1-5H3,(H,29,33)(H,30,32). The molecule has 0 unspecified atom stereocenters. The maximum Gasteiger partial charge on any atom is 0.224 e. The van der Waals surface area contributed by atoms with Gasteiger partial charge in [0.25, 0.3) is 0 Å². The van der Waals surface area contributed by atoms with Gasteiger partial charge in [-0.25, -0.2) is 9.97 Å². The molecule has 2 aromatic heterocycles. The molecular formula is C27H31N5O4S2. The molecule has 4 rings (SSSR count). The topological polar surface area (TPSA) is 121 Å². The van der Waals surface area contributed by atoms with Crippen molar-refractivity contribution >= 4 is 50.9 Å². The van der Waals surface area contributed by atoms with E-state index in [0.717, 1.165) is 33.3 Å². The van der Waals surface area contributed by atoms with Crippen molar-refractivity contribution in [3.8, 4) is 38.4 Å². The molecule has 0 aliphatic carbocycles. The van der Waals surface area contributed by atoms with Crippen LogP contribution in [0.15, 0.2) is 41.8 Å². The zero-order valence-electron chi connectivity index (χ0n) is 22.0. The number of hydrogen-bond donors (Lipinski definition) is 3. The quantitative estimate of drug-likeness (QED) is 0.189. The highest BCUT2D eigenvalue weighted by molar-refractivity contribution is 7.23. The number of thiazole rings is 2. The minimum Gasteiger partial charge on any atom is -0.493 e. The number of nitrogens with one attached hydrogen (secondary N) is 2. The van der Waals surface area contributed by atoms with Crippen molar-refractivity contribution in [1.29, 1.82) is 0 Å². The van der Waals surface area contributed by atoms with E-state index in [2.05, 4.69) is 29.5 Å². The molecule has 200 valence electrons. The second-order valence-corrected chi connectivity index (χ2v) is 10.7. The van der Waals surface area contributed by atoms with Gasteiger partial charge in [-0.3, -0.25) is 4.79 Å². The van der Waals surface area contributed by atoms with E-state index in [1.807, 2.05) is 29.6 Å². The first-order valence-electron chi connectivity index (χ1n) is 12.0. The summed E-state index contributed by atoms with van der Waals surface area (Å²) in [5.41, 5.74) is 9.45. The van der Waals surface area contributed by atoms with Gasteiger partial charge >= 0.3 is 0 Å². The summed E-state index contributed by atoms with van der Waals surface area (Å²) in [7, 11) is 4.69. The summed E-state index contributed by atoms with van der Waals surface area (Å²) < 4.78 is 16.3. The highest BCUT2D eigenvalue weighted by Crippen LogP contribution is 2.43. The van der Waals surface area contributed by atoms with Crippen molar-refractivity contribution in [3.63, 3.8) is 0 Å². The average Bonchev–Trinajstić information content (AvgIpc) is 3.53. The number of carbonyl (C=O) groups excluding carboxylic acids is 1. The number of anilines is 4. The third-order valence-electron chi connectivity index (χ3n) is 5.66. The molecule has 0 saturated carbocycles. The minimum absolute atomic E-state index is 0.0133. The molecule has 4 aromatic rings. The van der Waals surface area contributed by atoms with Gasteiger partial charge in [0.2, 0.25) is 11.7 Å². The summed E-state index contributed by atoms with van der Waals surface area (Å²) >= 11 is 2.89. The van der Waals surface area contributed by atoms with Crippen LogP contribution in [0.1, 0.15) is 26.7 Å². The summed E-state index contributed by atoms with van der Waals surface area (Å²) in [6, 6.07) is 11.3. The lowest BCUT2D eigenvalue weighted by Crippen LogP contribution is -2.12. The molecule has 11 heteroatoms. The van der Waals surface area contributed by atoms with Gasteiger partial charge in [0, 0.05) is 40.9 Å². The maximum absolute atomic E-state index is 12.3. The number of ether oxygens (including phenoxy) is 3. The smallest absolute Gasteiger partial charge is 0.224 e. The highest BCUT2D eigenvalue weighted by atomic mass is 32.1. The third-order valence-corrected chi connectivity index (χ3v) is 7.64. The average molecular weight is 554 g/mol. The van der Waals surface area contributed by atoms with E-state index in [0.29, 0.717) is 46.2 Å². The zero-order valence-corrected chi connectivity index (χ0v) is 23.6. The van der Waals surface area contributed by atoms with Crippen LogP contribution in [0.25, 0.3) is 21.1 Å². The second kappa shape index (κ2) is 12.1. The molecule has 0 radical (unpaired) electrons. The Morgan fingerprint density at radius 1 is 1.03 bits per heavy atom. The zero-order chi connectivity index (χ0) is 27.2. The number of nitrogens with zero attached hydrogens (tertiary/aromatic N) is 2. The lowest BCUT2D eigenvalue weighted by molar-refractivity contribution is -0.116. The molecule has 0 aliphatic rings.